The van der Waals surface area contributed by atoms with Crippen molar-refractivity contribution in [3.63, 3.8) is 0 Å². The lowest BCUT2D eigenvalue weighted by atomic mass is 9.97. The summed E-state index contributed by atoms with van der Waals surface area (Å²) in [5.74, 6) is 0.230. The summed E-state index contributed by atoms with van der Waals surface area (Å²) in [7, 11) is 1.59. The van der Waals surface area contributed by atoms with Gasteiger partial charge in [0, 0.05) is 6.04 Å². The lowest BCUT2D eigenvalue weighted by Crippen LogP contribution is -2.46. The van der Waals surface area contributed by atoms with Crippen LogP contribution in [0.25, 0.3) is 0 Å². The molecule has 1 aliphatic carbocycles. The number of ether oxygens (including phenoxy) is 1. The smallest absolute Gasteiger partial charge is 0.294 e. The Hall–Kier alpha value is -3.54. The van der Waals surface area contributed by atoms with Gasteiger partial charge in [-0.25, -0.2) is 0 Å². The molecule has 1 saturated carbocycles. The summed E-state index contributed by atoms with van der Waals surface area (Å²) in [6.07, 6.45) is 5.57. The normalized spacial score (nSPS) is 14.6. The minimum absolute atomic E-state index is 0.112. The second-order valence-electron chi connectivity index (χ2n) is 9.07. The molecule has 178 valence electrons. The lowest BCUT2D eigenvalue weighted by Gasteiger charge is -2.34. The molecule has 34 heavy (non-hydrogen) atoms. The molecule has 4 rings (SSSR count). The quantitative estimate of drug-likeness (QED) is 0.494. The van der Waals surface area contributed by atoms with E-state index in [2.05, 4.69) is 5.32 Å². The molecule has 0 spiro atoms. The number of carbonyl (C=O) groups is 2. The van der Waals surface area contributed by atoms with E-state index >= 15 is 0 Å². The highest BCUT2D eigenvalue weighted by Gasteiger charge is 2.37. The van der Waals surface area contributed by atoms with Crippen LogP contribution in [-0.2, 0) is 4.79 Å². The van der Waals surface area contributed by atoms with E-state index in [1.54, 1.807) is 24.1 Å². The van der Waals surface area contributed by atoms with Gasteiger partial charge in [0.25, 0.3) is 5.91 Å². The molecule has 0 saturated heterocycles. The number of methoxy groups -OCH3 is 1. The van der Waals surface area contributed by atoms with E-state index in [0.717, 1.165) is 42.4 Å². The van der Waals surface area contributed by atoms with E-state index in [0.29, 0.717) is 17.0 Å². The first-order chi connectivity index (χ1) is 16.4. The van der Waals surface area contributed by atoms with Crippen LogP contribution in [0.2, 0.25) is 0 Å². The molecule has 1 fully saturated rings. The Kier molecular flexibility index (Phi) is 7.06. The highest BCUT2D eigenvalue weighted by Crippen LogP contribution is 2.36. The summed E-state index contributed by atoms with van der Waals surface area (Å²) in [6.45, 7) is 5.96. The fourth-order valence-electron chi connectivity index (χ4n) is 5.00. The predicted molar refractivity (Wildman–Crippen MR) is 132 cm³/mol. The highest BCUT2D eigenvalue weighted by atomic mass is 16.5. The summed E-state index contributed by atoms with van der Waals surface area (Å²) in [6, 6.07) is 13.9. The van der Waals surface area contributed by atoms with Crippen molar-refractivity contribution in [2.45, 2.75) is 58.5 Å². The zero-order chi connectivity index (χ0) is 24.2. The number of furan rings is 1. The van der Waals surface area contributed by atoms with Gasteiger partial charge in [-0.2, -0.15) is 0 Å². The molecule has 1 aromatic heterocycles. The van der Waals surface area contributed by atoms with Crippen LogP contribution in [0.5, 0.6) is 5.75 Å². The second-order valence-corrected chi connectivity index (χ2v) is 9.07. The van der Waals surface area contributed by atoms with Crippen molar-refractivity contribution in [1.29, 1.82) is 0 Å². The minimum Gasteiger partial charge on any atom is -0.497 e. The fraction of sp³-hybridized carbons (Fsp3) is 0.357. The zero-order valence-corrected chi connectivity index (χ0v) is 20.3. The standard InChI is InChI=1S/C28H32N2O4/c1-18-15-19(2)25(20(3)16-18)30(28(32)24-13-8-14-34-24)26(21-9-7-12-23(17-21)33-4)27(31)29-22-10-5-6-11-22/h7-9,12-17,22,26H,5-6,10-11H2,1-4H3,(H,29,31). The molecule has 0 aliphatic heterocycles. The molecule has 6 nitrogen and oxygen atoms in total. The highest BCUT2D eigenvalue weighted by molar-refractivity contribution is 6.09. The van der Waals surface area contributed by atoms with Crippen LogP contribution in [0.4, 0.5) is 5.69 Å². The van der Waals surface area contributed by atoms with Gasteiger partial charge in [0.05, 0.1) is 19.1 Å². The molecule has 2 amide bonds. The van der Waals surface area contributed by atoms with Gasteiger partial charge < -0.3 is 14.5 Å². The Bertz CT molecular complexity index is 1140. The summed E-state index contributed by atoms with van der Waals surface area (Å²) >= 11 is 0. The van der Waals surface area contributed by atoms with Gasteiger partial charge in [-0.1, -0.05) is 42.7 Å². The van der Waals surface area contributed by atoms with E-state index in [1.807, 2.05) is 57.2 Å². The maximum Gasteiger partial charge on any atom is 0.294 e. The molecule has 2 aromatic carbocycles. The maximum atomic E-state index is 13.9. The van der Waals surface area contributed by atoms with Crippen LogP contribution in [0.3, 0.4) is 0 Å². The Morgan fingerprint density at radius 1 is 1.03 bits per heavy atom. The first kappa shape index (κ1) is 23.6. The van der Waals surface area contributed by atoms with Gasteiger partial charge >= 0.3 is 0 Å². The fourth-order valence-corrected chi connectivity index (χ4v) is 5.00. The van der Waals surface area contributed by atoms with Crippen LogP contribution < -0.4 is 15.0 Å². The number of nitrogens with one attached hydrogen (secondary N) is 1. The van der Waals surface area contributed by atoms with Crippen molar-refractivity contribution in [2.24, 2.45) is 0 Å². The van der Waals surface area contributed by atoms with E-state index < -0.39 is 6.04 Å². The molecule has 0 bridgehead atoms. The van der Waals surface area contributed by atoms with Crippen LogP contribution in [0.1, 0.15) is 64.5 Å². The van der Waals surface area contributed by atoms with Crippen molar-refractivity contribution < 1.29 is 18.7 Å². The predicted octanol–water partition coefficient (Wildman–Crippen LogP) is 5.66. The number of amides is 2. The Balaban J connectivity index is 1.89. The molecule has 1 heterocycles. The number of carbonyl (C=O) groups excluding carboxylic acids is 2. The summed E-state index contributed by atoms with van der Waals surface area (Å²) in [4.78, 5) is 29.4. The molecular weight excluding hydrogens is 428 g/mol. The maximum absolute atomic E-state index is 13.9. The van der Waals surface area contributed by atoms with E-state index in [1.165, 1.54) is 6.26 Å². The topological polar surface area (TPSA) is 71.8 Å². The molecule has 1 atom stereocenters. The van der Waals surface area contributed by atoms with Crippen LogP contribution in [-0.4, -0.2) is 25.0 Å². The first-order valence-electron chi connectivity index (χ1n) is 11.8. The van der Waals surface area contributed by atoms with E-state index in [4.69, 9.17) is 9.15 Å². The second kappa shape index (κ2) is 10.2. The third-order valence-electron chi connectivity index (χ3n) is 6.44. The average molecular weight is 461 g/mol. The molecule has 3 aromatic rings. The number of rotatable bonds is 7. The lowest BCUT2D eigenvalue weighted by molar-refractivity contribution is -0.123. The Labute approximate surface area is 200 Å². The van der Waals surface area contributed by atoms with Crippen LogP contribution in [0.15, 0.2) is 59.2 Å². The number of hydrogen-bond donors (Lipinski definition) is 1. The Morgan fingerprint density at radius 3 is 2.35 bits per heavy atom. The average Bonchev–Trinajstić information content (AvgIpc) is 3.52. The van der Waals surface area contributed by atoms with Crippen molar-refractivity contribution >= 4 is 17.5 Å². The number of anilines is 1. The third kappa shape index (κ3) is 4.86. The van der Waals surface area contributed by atoms with Crippen molar-refractivity contribution in [2.75, 3.05) is 12.0 Å². The third-order valence-corrected chi connectivity index (χ3v) is 6.44. The molecule has 1 N–H and O–H groups in total. The van der Waals surface area contributed by atoms with Gasteiger partial charge in [-0.15, -0.1) is 0 Å². The first-order valence-corrected chi connectivity index (χ1v) is 11.8. The Morgan fingerprint density at radius 2 is 1.74 bits per heavy atom. The van der Waals surface area contributed by atoms with Gasteiger partial charge in [-0.05, 0) is 74.6 Å². The van der Waals surface area contributed by atoms with Gasteiger partial charge in [0.15, 0.2) is 5.76 Å². The van der Waals surface area contributed by atoms with Gasteiger partial charge in [-0.3, -0.25) is 14.5 Å². The summed E-state index contributed by atoms with van der Waals surface area (Å²) < 4.78 is 10.9. The van der Waals surface area contributed by atoms with E-state index in [-0.39, 0.29) is 23.6 Å². The van der Waals surface area contributed by atoms with Crippen molar-refractivity contribution in [3.8, 4) is 5.75 Å². The molecule has 1 aliphatic rings. The minimum atomic E-state index is -0.895. The number of aryl methyl sites for hydroxylation is 3. The summed E-state index contributed by atoms with van der Waals surface area (Å²) in [5.41, 5.74) is 4.31. The molecule has 1 unspecified atom stereocenters. The van der Waals surface area contributed by atoms with Crippen LogP contribution in [0, 0.1) is 20.8 Å². The summed E-state index contributed by atoms with van der Waals surface area (Å²) in [5, 5.41) is 3.21. The van der Waals surface area contributed by atoms with Crippen molar-refractivity contribution in [1.82, 2.24) is 5.32 Å². The molecule has 0 radical (unpaired) electrons. The van der Waals surface area contributed by atoms with E-state index in [9.17, 15) is 9.59 Å². The largest absolute Gasteiger partial charge is 0.497 e. The SMILES string of the molecule is COc1cccc(C(C(=O)NC2CCCC2)N(C(=O)c2ccco2)c2c(C)cc(C)cc2C)c1. The molecular formula is C28H32N2O4. The van der Waals surface area contributed by atoms with Gasteiger partial charge in [0.2, 0.25) is 5.91 Å². The van der Waals surface area contributed by atoms with Crippen LogP contribution >= 0.6 is 0 Å². The van der Waals surface area contributed by atoms with Crippen molar-refractivity contribution in [3.05, 3.63) is 82.8 Å². The number of nitrogens with zero attached hydrogens (tertiary/aromatic N) is 1. The molecule has 6 heteroatoms. The zero-order valence-electron chi connectivity index (χ0n) is 20.3. The number of hydrogen-bond acceptors (Lipinski definition) is 4. The number of benzene rings is 2. The van der Waals surface area contributed by atoms with Gasteiger partial charge in [0.1, 0.15) is 11.8 Å². The monoisotopic (exact) mass is 460 g/mol.